The Morgan fingerprint density at radius 2 is 1.14 bits per heavy atom. The van der Waals surface area contributed by atoms with Crippen LogP contribution in [0.1, 0.15) is 18.9 Å². The van der Waals surface area contributed by atoms with Crippen molar-refractivity contribution in [3.8, 4) is 0 Å². The first-order valence-corrected chi connectivity index (χ1v) is 9.22. The maximum Gasteiger partial charge on any atom is -0.0119 e. The van der Waals surface area contributed by atoms with E-state index >= 15 is 0 Å². The highest BCUT2D eigenvalue weighted by Gasteiger charge is 2.18. The van der Waals surface area contributed by atoms with Crippen LogP contribution in [0.5, 0.6) is 0 Å². The van der Waals surface area contributed by atoms with E-state index in [2.05, 4.69) is 91.9 Å². The summed E-state index contributed by atoms with van der Waals surface area (Å²) in [7, 11) is -0.478. The third-order valence-electron chi connectivity index (χ3n) is 3.78. The van der Waals surface area contributed by atoms with Gasteiger partial charge in [-0.05, 0) is 35.8 Å². The number of aryl methyl sites for hydroxylation is 1. The fourth-order valence-corrected chi connectivity index (χ4v) is 5.29. The van der Waals surface area contributed by atoms with Crippen LogP contribution in [-0.4, -0.2) is 0 Å². The predicted molar refractivity (Wildman–Crippen MR) is 99.1 cm³/mol. The summed E-state index contributed by atoms with van der Waals surface area (Å²) in [6, 6.07) is 30.8. The van der Waals surface area contributed by atoms with E-state index in [-0.39, 0.29) is 0 Å². The molecule has 0 aliphatic heterocycles. The molecule has 0 heterocycles. The smallest absolute Gasteiger partial charge is 0.0119 e. The first-order chi connectivity index (χ1) is 10.9. The van der Waals surface area contributed by atoms with Crippen LogP contribution >= 0.6 is 7.92 Å². The molecule has 0 fully saturated rings. The van der Waals surface area contributed by atoms with Crippen molar-refractivity contribution in [3.05, 3.63) is 90.5 Å². The third kappa shape index (κ3) is 3.29. The molecule has 0 unspecified atom stereocenters. The average Bonchev–Trinajstić information content (AvgIpc) is 2.59. The normalized spacial score (nSPS) is 10.8. The van der Waals surface area contributed by atoms with Crippen LogP contribution in [0.4, 0.5) is 0 Å². The Morgan fingerprint density at radius 3 is 1.68 bits per heavy atom. The number of rotatable bonds is 5. The molecule has 0 saturated heterocycles. The lowest BCUT2D eigenvalue weighted by atomic mass is 10.1. The molecule has 0 saturated carbocycles. The van der Waals surface area contributed by atoms with Crippen LogP contribution < -0.4 is 15.9 Å². The fourth-order valence-electron chi connectivity index (χ4n) is 2.79. The molecule has 3 aromatic carbocycles. The summed E-state index contributed by atoms with van der Waals surface area (Å²) in [4.78, 5) is 0. The SMILES string of the molecule is CCCc1ccccc1P(c1ccccc1)c1ccccc1. The molecule has 0 bridgehead atoms. The number of hydrogen-bond acceptors (Lipinski definition) is 0. The zero-order valence-electron chi connectivity index (χ0n) is 12.9. The van der Waals surface area contributed by atoms with Crippen LogP contribution in [0.3, 0.4) is 0 Å². The summed E-state index contributed by atoms with van der Waals surface area (Å²) < 4.78 is 0. The van der Waals surface area contributed by atoms with Gasteiger partial charge in [0.2, 0.25) is 0 Å². The van der Waals surface area contributed by atoms with Gasteiger partial charge in [-0.2, -0.15) is 0 Å². The zero-order chi connectivity index (χ0) is 15.2. The minimum absolute atomic E-state index is 0.478. The van der Waals surface area contributed by atoms with Crippen molar-refractivity contribution in [2.24, 2.45) is 0 Å². The maximum atomic E-state index is 2.32. The topological polar surface area (TPSA) is 0 Å². The minimum atomic E-state index is -0.478. The molecule has 0 nitrogen and oxygen atoms in total. The van der Waals surface area contributed by atoms with Gasteiger partial charge >= 0.3 is 0 Å². The molecule has 3 aromatic rings. The molecule has 0 aromatic heterocycles. The van der Waals surface area contributed by atoms with Gasteiger partial charge in [-0.25, -0.2) is 0 Å². The average molecular weight is 304 g/mol. The Balaban J connectivity index is 2.15. The van der Waals surface area contributed by atoms with Gasteiger partial charge in [-0.1, -0.05) is 98.3 Å². The van der Waals surface area contributed by atoms with Crippen LogP contribution in [0.15, 0.2) is 84.9 Å². The summed E-state index contributed by atoms with van der Waals surface area (Å²) in [6.45, 7) is 2.25. The Hall–Kier alpha value is -1.91. The number of hydrogen-bond donors (Lipinski definition) is 0. The van der Waals surface area contributed by atoms with E-state index in [9.17, 15) is 0 Å². The summed E-state index contributed by atoms with van der Waals surface area (Å²) >= 11 is 0. The van der Waals surface area contributed by atoms with Gasteiger partial charge in [-0.15, -0.1) is 0 Å². The van der Waals surface area contributed by atoms with Crippen molar-refractivity contribution in [1.82, 2.24) is 0 Å². The Bertz CT molecular complexity index is 665. The summed E-state index contributed by atoms with van der Waals surface area (Å²) in [5, 5.41) is 4.34. The standard InChI is InChI=1S/C21H21P/c1-2-11-18-12-9-10-17-21(18)22(19-13-5-3-6-14-19)20-15-7-4-8-16-20/h3-10,12-17H,2,11H2,1H3. The Morgan fingerprint density at radius 1 is 0.636 bits per heavy atom. The molecule has 0 aliphatic carbocycles. The quantitative estimate of drug-likeness (QED) is 0.613. The van der Waals surface area contributed by atoms with E-state index in [1.807, 2.05) is 0 Å². The highest BCUT2D eigenvalue weighted by Crippen LogP contribution is 2.34. The lowest BCUT2D eigenvalue weighted by Crippen LogP contribution is -2.23. The van der Waals surface area contributed by atoms with E-state index in [0.29, 0.717) is 0 Å². The second-order valence-corrected chi connectivity index (χ2v) is 7.57. The molecule has 3 rings (SSSR count). The lowest BCUT2D eigenvalue weighted by molar-refractivity contribution is 0.927. The van der Waals surface area contributed by atoms with Crippen LogP contribution in [0, 0.1) is 0 Å². The monoisotopic (exact) mass is 304 g/mol. The van der Waals surface area contributed by atoms with Crippen LogP contribution in [0.25, 0.3) is 0 Å². The van der Waals surface area contributed by atoms with E-state index in [1.54, 1.807) is 0 Å². The summed E-state index contributed by atoms with van der Waals surface area (Å²) in [6.07, 6.45) is 2.33. The van der Waals surface area contributed by atoms with Crippen LogP contribution in [-0.2, 0) is 6.42 Å². The molecule has 0 aliphatic rings. The second-order valence-electron chi connectivity index (χ2n) is 5.39. The molecule has 0 atom stereocenters. The van der Waals surface area contributed by atoms with Gasteiger partial charge in [-0.3, -0.25) is 0 Å². The zero-order valence-corrected chi connectivity index (χ0v) is 13.8. The molecule has 1 heteroatoms. The molecule has 0 N–H and O–H groups in total. The molecule has 0 spiro atoms. The van der Waals surface area contributed by atoms with Crippen molar-refractivity contribution in [2.75, 3.05) is 0 Å². The van der Waals surface area contributed by atoms with Crippen molar-refractivity contribution in [3.63, 3.8) is 0 Å². The first-order valence-electron chi connectivity index (χ1n) is 7.88. The van der Waals surface area contributed by atoms with Crippen molar-refractivity contribution in [1.29, 1.82) is 0 Å². The van der Waals surface area contributed by atoms with Gasteiger partial charge < -0.3 is 0 Å². The van der Waals surface area contributed by atoms with E-state index < -0.39 is 7.92 Å². The molecular formula is C21H21P. The predicted octanol–water partition coefficient (Wildman–Crippen LogP) is 4.40. The first kappa shape index (κ1) is 15.0. The van der Waals surface area contributed by atoms with Gasteiger partial charge in [0, 0.05) is 0 Å². The molecular weight excluding hydrogens is 283 g/mol. The van der Waals surface area contributed by atoms with Crippen LogP contribution in [0.2, 0.25) is 0 Å². The fraction of sp³-hybridized carbons (Fsp3) is 0.143. The molecule has 110 valence electrons. The van der Waals surface area contributed by atoms with E-state index in [0.717, 1.165) is 6.42 Å². The van der Waals surface area contributed by atoms with Gasteiger partial charge in [0.15, 0.2) is 0 Å². The third-order valence-corrected chi connectivity index (χ3v) is 6.33. The van der Waals surface area contributed by atoms with Crippen molar-refractivity contribution >= 4 is 23.8 Å². The Labute approximate surface area is 134 Å². The van der Waals surface area contributed by atoms with E-state index in [4.69, 9.17) is 0 Å². The lowest BCUT2D eigenvalue weighted by Gasteiger charge is -2.22. The van der Waals surface area contributed by atoms with Crippen molar-refractivity contribution < 1.29 is 0 Å². The summed E-state index contributed by atoms with van der Waals surface area (Å²) in [5.41, 5.74) is 1.49. The van der Waals surface area contributed by atoms with Crippen molar-refractivity contribution in [2.45, 2.75) is 19.8 Å². The minimum Gasteiger partial charge on any atom is -0.0651 e. The molecule has 0 radical (unpaired) electrons. The van der Waals surface area contributed by atoms with Gasteiger partial charge in [0.05, 0.1) is 0 Å². The van der Waals surface area contributed by atoms with E-state index in [1.165, 1.54) is 27.9 Å². The van der Waals surface area contributed by atoms with Gasteiger partial charge in [0.1, 0.15) is 0 Å². The second kappa shape index (κ2) is 7.38. The number of benzene rings is 3. The highest BCUT2D eigenvalue weighted by atomic mass is 31.1. The summed E-state index contributed by atoms with van der Waals surface area (Å²) in [5.74, 6) is 0. The molecule has 22 heavy (non-hydrogen) atoms. The highest BCUT2D eigenvalue weighted by molar-refractivity contribution is 7.79. The molecule has 0 amide bonds. The van der Waals surface area contributed by atoms with Gasteiger partial charge in [0.25, 0.3) is 0 Å². The Kier molecular flexibility index (Phi) is 5.03. The largest absolute Gasteiger partial charge is 0.0651 e. The maximum absolute atomic E-state index is 2.32.